The van der Waals surface area contributed by atoms with Crippen LogP contribution >= 0.6 is 0 Å². The molecule has 0 amide bonds. The number of hydrogen-bond donors (Lipinski definition) is 1. The standard InChI is InChI=1S/C16H25F2N3/c1-19-15(13-5-4-6-14(17)16(13)18)11-21(3)12-7-9-20(2)10-8-12/h4-6,12,15,19H,7-11H2,1-3H3. The van der Waals surface area contributed by atoms with Gasteiger partial charge in [0.2, 0.25) is 0 Å². The Balaban J connectivity index is 2.03. The minimum absolute atomic E-state index is 0.203. The van der Waals surface area contributed by atoms with Crippen LogP contribution in [0.4, 0.5) is 8.78 Å². The van der Waals surface area contributed by atoms with Gasteiger partial charge in [-0.25, -0.2) is 8.78 Å². The zero-order valence-corrected chi connectivity index (χ0v) is 13.1. The third kappa shape index (κ3) is 3.99. The van der Waals surface area contributed by atoms with Crippen molar-refractivity contribution in [2.45, 2.75) is 24.9 Å². The Morgan fingerprint density at radius 3 is 2.62 bits per heavy atom. The molecule has 0 aliphatic carbocycles. The van der Waals surface area contributed by atoms with Gasteiger partial charge in [-0.1, -0.05) is 12.1 Å². The molecule has 5 heteroatoms. The topological polar surface area (TPSA) is 18.5 Å². The summed E-state index contributed by atoms with van der Waals surface area (Å²) in [7, 11) is 5.99. The predicted octanol–water partition coefficient (Wildman–Crippen LogP) is 2.25. The molecule has 1 atom stereocenters. The summed E-state index contributed by atoms with van der Waals surface area (Å²) in [4.78, 5) is 4.59. The summed E-state index contributed by atoms with van der Waals surface area (Å²) in [6, 6.07) is 4.68. The van der Waals surface area contributed by atoms with Crippen molar-refractivity contribution in [1.29, 1.82) is 0 Å². The van der Waals surface area contributed by atoms with E-state index in [-0.39, 0.29) is 6.04 Å². The van der Waals surface area contributed by atoms with Gasteiger partial charge in [-0.3, -0.25) is 0 Å². The Bertz CT molecular complexity index is 459. The Labute approximate surface area is 125 Å². The van der Waals surface area contributed by atoms with Crippen LogP contribution in [0, 0.1) is 11.6 Å². The van der Waals surface area contributed by atoms with Gasteiger partial charge in [-0.2, -0.15) is 0 Å². The molecular weight excluding hydrogens is 272 g/mol. The van der Waals surface area contributed by atoms with E-state index in [9.17, 15) is 8.78 Å². The molecule has 118 valence electrons. The average molecular weight is 297 g/mol. The number of rotatable bonds is 5. The summed E-state index contributed by atoms with van der Waals surface area (Å²) in [5.74, 6) is -1.52. The highest BCUT2D eigenvalue weighted by atomic mass is 19.2. The third-order valence-corrected chi connectivity index (χ3v) is 4.49. The van der Waals surface area contributed by atoms with Gasteiger partial charge in [0.15, 0.2) is 11.6 Å². The lowest BCUT2D eigenvalue weighted by atomic mass is 10.0. The lowest BCUT2D eigenvalue weighted by Crippen LogP contribution is -2.44. The van der Waals surface area contributed by atoms with E-state index in [1.807, 2.05) is 0 Å². The van der Waals surface area contributed by atoms with E-state index >= 15 is 0 Å². The first kappa shape index (κ1) is 16.3. The number of nitrogens with one attached hydrogen (secondary N) is 1. The Morgan fingerprint density at radius 2 is 2.00 bits per heavy atom. The lowest BCUT2D eigenvalue weighted by Gasteiger charge is -2.36. The van der Waals surface area contributed by atoms with Gasteiger partial charge >= 0.3 is 0 Å². The van der Waals surface area contributed by atoms with Gasteiger partial charge in [0.25, 0.3) is 0 Å². The van der Waals surface area contributed by atoms with Crippen molar-refractivity contribution in [2.75, 3.05) is 40.8 Å². The van der Waals surface area contributed by atoms with Crippen molar-refractivity contribution in [3.05, 3.63) is 35.4 Å². The number of halogens is 2. The molecule has 21 heavy (non-hydrogen) atoms. The van der Waals surface area contributed by atoms with E-state index in [0.29, 0.717) is 18.2 Å². The van der Waals surface area contributed by atoms with E-state index in [1.54, 1.807) is 19.2 Å². The van der Waals surface area contributed by atoms with E-state index < -0.39 is 11.6 Å². The van der Waals surface area contributed by atoms with Gasteiger partial charge in [0, 0.05) is 24.2 Å². The molecule has 3 nitrogen and oxygen atoms in total. The maximum Gasteiger partial charge on any atom is 0.163 e. The first-order valence-electron chi connectivity index (χ1n) is 7.53. The number of hydrogen-bond acceptors (Lipinski definition) is 3. The van der Waals surface area contributed by atoms with Gasteiger partial charge in [0.1, 0.15) is 0 Å². The number of benzene rings is 1. The summed E-state index contributed by atoms with van der Waals surface area (Å²) in [6.07, 6.45) is 2.24. The van der Waals surface area contributed by atoms with Crippen LogP contribution in [0.2, 0.25) is 0 Å². The SMILES string of the molecule is CNC(CN(C)C1CCN(C)CC1)c1cccc(F)c1F. The molecule has 2 rings (SSSR count). The highest BCUT2D eigenvalue weighted by Gasteiger charge is 2.24. The van der Waals surface area contributed by atoms with Crippen LogP contribution < -0.4 is 5.32 Å². The van der Waals surface area contributed by atoms with Crippen LogP contribution in [0.1, 0.15) is 24.4 Å². The van der Waals surface area contributed by atoms with Crippen molar-refractivity contribution in [3.63, 3.8) is 0 Å². The lowest BCUT2D eigenvalue weighted by molar-refractivity contribution is 0.135. The van der Waals surface area contributed by atoms with Crippen molar-refractivity contribution in [3.8, 4) is 0 Å². The molecule has 0 bridgehead atoms. The van der Waals surface area contributed by atoms with Crippen LogP contribution in [0.3, 0.4) is 0 Å². The van der Waals surface area contributed by atoms with E-state index in [4.69, 9.17) is 0 Å². The Morgan fingerprint density at radius 1 is 1.33 bits per heavy atom. The fourth-order valence-electron chi connectivity index (χ4n) is 3.01. The monoisotopic (exact) mass is 297 g/mol. The zero-order valence-electron chi connectivity index (χ0n) is 13.1. The number of piperidine rings is 1. The molecule has 1 unspecified atom stereocenters. The van der Waals surface area contributed by atoms with Gasteiger partial charge in [0.05, 0.1) is 0 Å². The summed E-state index contributed by atoms with van der Waals surface area (Å²) >= 11 is 0. The largest absolute Gasteiger partial charge is 0.312 e. The molecule has 0 radical (unpaired) electrons. The van der Waals surface area contributed by atoms with Crippen LogP contribution in [0.25, 0.3) is 0 Å². The van der Waals surface area contributed by atoms with Gasteiger partial charge < -0.3 is 15.1 Å². The van der Waals surface area contributed by atoms with E-state index in [1.165, 1.54) is 0 Å². The summed E-state index contributed by atoms with van der Waals surface area (Å²) in [5.41, 5.74) is 0.400. The molecule has 1 N–H and O–H groups in total. The second kappa shape index (κ2) is 7.29. The minimum atomic E-state index is -0.783. The normalized spacial score (nSPS) is 19.1. The third-order valence-electron chi connectivity index (χ3n) is 4.49. The maximum absolute atomic E-state index is 13.9. The maximum atomic E-state index is 13.9. The number of likely N-dealkylation sites (N-methyl/N-ethyl adjacent to an activating group) is 2. The van der Waals surface area contributed by atoms with Crippen LogP contribution in [0.15, 0.2) is 18.2 Å². The second-order valence-corrected chi connectivity index (χ2v) is 5.96. The quantitative estimate of drug-likeness (QED) is 0.899. The zero-order chi connectivity index (χ0) is 15.4. The van der Waals surface area contributed by atoms with E-state index in [0.717, 1.165) is 32.0 Å². The Hall–Kier alpha value is -1.04. The fraction of sp³-hybridized carbons (Fsp3) is 0.625. The summed E-state index contributed by atoms with van der Waals surface area (Å²) in [6.45, 7) is 2.85. The van der Waals surface area contributed by atoms with Gasteiger partial charge in [-0.05, 0) is 53.1 Å². The highest BCUT2D eigenvalue weighted by molar-refractivity contribution is 5.23. The molecule has 0 spiro atoms. The smallest absolute Gasteiger partial charge is 0.163 e. The predicted molar refractivity (Wildman–Crippen MR) is 81.3 cm³/mol. The molecule has 1 aromatic rings. The molecule has 0 aromatic heterocycles. The molecule has 1 aliphatic heterocycles. The highest BCUT2D eigenvalue weighted by Crippen LogP contribution is 2.22. The van der Waals surface area contributed by atoms with Crippen molar-refractivity contribution in [1.82, 2.24) is 15.1 Å². The van der Waals surface area contributed by atoms with Crippen LogP contribution in [-0.2, 0) is 0 Å². The van der Waals surface area contributed by atoms with Crippen LogP contribution in [-0.4, -0.2) is 56.6 Å². The Kier molecular flexibility index (Phi) is 5.67. The molecule has 0 saturated carbocycles. The van der Waals surface area contributed by atoms with Crippen LogP contribution in [0.5, 0.6) is 0 Å². The average Bonchev–Trinajstić information content (AvgIpc) is 2.48. The molecule has 1 saturated heterocycles. The van der Waals surface area contributed by atoms with Gasteiger partial charge in [-0.15, -0.1) is 0 Å². The molecule has 1 fully saturated rings. The number of nitrogens with zero attached hydrogens (tertiary/aromatic N) is 2. The second-order valence-electron chi connectivity index (χ2n) is 5.96. The number of likely N-dealkylation sites (tertiary alicyclic amines) is 1. The molecular formula is C16H25F2N3. The summed E-state index contributed by atoms with van der Waals surface area (Å²) < 4.78 is 27.3. The first-order chi connectivity index (χ1) is 10.0. The molecule has 1 aromatic carbocycles. The minimum Gasteiger partial charge on any atom is -0.312 e. The summed E-state index contributed by atoms with van der Waals surface area (Å²) in [5, 5.41) is 3.11. The van der Waals surface area contributed by atoms with E-state index in [2.05, 4.69) is 29.2 Å². The fourth-order valence-corrected chi connectivity index (χ4v) is 3.01. The van der Waals surface area contributed by atoms with Crippen molar-refractivity contribution < 1.29 is 8.78 Å². The van der Waals surface area contributed by atoms with Crippen molar-refractivity contribution >= 4 is 0 Å². The van der Waals surface area contributed by atoms with Crippen molar-refractivity contribution in [2.24, 2.45) is 0 Å². The molecule has 1 heterocycles. The molecule has 1 aliphatic rings. The first-order valence-corrected chi connectivity index (χ1v) is 7.53.